The van der Waals surface area contributed by atoms with Crippen molar-refractivity contribution in [1.82, 2.24) is 4.98 Å². The third-order valence-corrected chi connectivity index (χ3v) is 3.17. The molecule has 0 fully saturated rings. The topological polar surface area (TPSA) is 45.2 Å². The van der Waals surface area contributed by atoms with Crippen molar-refractivity contribution >= 4 is 29.0 Å². The summed E-state index contributed by atoms with van der Waals surface area (Å²) in [6.45, 7) is 3.99. The predicted octanol–water partition coefficient (Wildman–Crippen LogP) is 3.67. The van der Waals surface area contributed by atoms with E-state index in [2.05, 4.69) is 16.4 Å². The SMILES string of the molecule is Cc1cc(C)cc(NC(=O)c2cc(Cl)nc(N(C)C)c2)c1. The standard InChI is InChI=1S/C16H18ClN3O/c1-10-5-11(2)7-13(6-10)18-16(21)12-8-14(17)19-15(9-12)20(3)4/h5-9H,1-4H3,(H,18,21). The molecule has 4 nitrogen and oxygen atoms in total. The highest BCUT2D eigenvalue weighted by Gasteiger charge is 2.11. The zero-order valence-corrected chi connectivity index (χ0v) is 13.3. The smallest absolute Gasteiger partial charge is 0.255 e. The molecule has 0 aliphatic carbocycles. The van der Waals surface area contributed by atoms with Crippen LogP contribution < -0.4 is 10.2 Å². The molecule has 0 bridgehead atoms. The number of halogens is 1. The molecule has 0 aliphatic heterocycles. The van der Waals surface area contributed by atoms with E-state index in [1.54, 1.807) is 17.0 Å². The number of nitrogens with one attached hydrogen (secondary N) is 1. The summed E-state index contributed by atoms with van der Waals surface area (Å²) in [6.07, 6.45) is 0. The number of aromatic nitrogens is 1. The molecule has 0 unspecified atom stereocenters. The fraction of sp³-hybridized carbons (Fsp3) is 0.250. The van der Waals surface area contributed by atoms with E-state index in [1.807, 2.05) is 40.1 Å². The molecule has 0 radical (unpaired) electrons. The second-order valence-corrected chi connectivity index (χ2v) is 5.65. The molecule has 0 spiro atoms. The molecule has 0 saturated heterocycles. The number of carbonyl (C=O) groups is 1. The van der Waals surface area contributed by atoms with Crippen LogP contribution in [-0.4, -0.2) is 25.0 Å². The molecule has 1 amide bonds. The number of amides is 1. The van der Waals surface area contributed by atoms with Gasteiger partial charge in [0.1, 0.15) is 11.0 Å². The first-order valence-electron chi connectivity index (χ1n) is 6.60. The lowest BCUT2D eigenvalue weighted by Crippen LogP contribution is -2.15. The number of hydrogen-bond donors (Lipinski definition) is 1. The minimum atomic E-state index is -0.201. The van der Waals surface area contributed by atoms with E-state index in [0.29, 0.717) is 16.5 Å². The highest BCUT2D eigenvalue weighted by molar-refractivity contribution is 6.30. The maximum atomic E-state index is 12.3. The monoisotopic (exact) mass is 303 g/mol. The average molecular weight is 304 g/mol. The summed E-state index contributed by atoms with van der Waals surface area (Å²) in [7, 11) is 3.70. The summed E-state index contributed by atoms with van der Waals surface area (Å²) in [6, 6.07) is 9.20. The van der Waals surface area contributed by atoms with Gasteiger partial charge >= 0.3 is 0 Å². The maximum absolute atomic E-state index is 12.3. The van der Waals surface area contributed by atoms with Gasteiger partial charge in [-0.1, -0.05) is 17.7 Å². The number of pyridine rings is 1. The molecule has 1 aromatic carbocycles. The Hall–Kier alpha value is -2.07. The summed E-state index contributed by atoms with van der Waals surface area (Å²) in [5.74, 6) is 0.445. The molecular formula is C16H18ClN3O. The van der Waals surface area contributed by atoms with E-state index < -0.39 is 0 Å². The van der Waals surface area contributed by atoms with Gasteiger partial charge in [-0.15, -0.1) is 0 Å². The molecule has 21 heavy (non-hydrogen) atoms. The van der Waals surface area contributed by atoms with Crippen LogP contribution in [0.4, 0.5) is 11.5 Å². The molecule has 0 aliphatic rings. The zero-order valence-electron chi connectivity index (χ0n) is 12.6. The zero-order chi connectivity index (χ0) is 15.6. The highest BCUT2D eigenvalue weighted by atomic mass is 35.5. The number of anilines is 2. The van der Waals surface area contributed by atoms with E-state index in [9.17, 15) is 4.79 Å². The van der Waals surface area contributed by atoms with Crippen LogP contribution in [0.25, 0.3) is 0 Å². The number of carbonyl (C=O) groups excluding carboxylic acids is 1. The number of hydrogen-bond acceptors (Lipinski definition) is 3. The Morgan fingerprint density at radius 1 is 1.10 bits per heavy atom. The molecule has 110 valence electrons. The van der Waals surface area contributed by atoms with Crippen LogP contribution >= 0.6 is 11.6 Å². The van der Waals surface area contributed by atoms with Crippen molar-refractivity contribution in [1.29, 1.82) is 0 Å². The Labute approximate surface area is 129 Å². The van der Waals surface area contributed by atoms with Gasteiger partial charge in [0.25, 0.3) is 5.91 Å². The highest BCUT2D eigenvalue weighted by Crippen LogP contribution is 2.19. The van der Waals surface area contributed by atoms with Crippen molar-refractivity contribution in [2.75, 3.05) is 24.3 Å². The van der Waals surface area contributed by atoms with Gasteiger partial charge in [-0.05, 0) is 49.2 Å². The summed E-state index contributed by atoms with van der Waals surface area (Å²) in [5, 5.41) is 3.19. The van der Waals surface area contributed by atoms with E-state index >= 15 is 0 Å². The molecule has 1 N–H and O–H groups in total. The van der Waals surface area contributed by atoms with Crippen molar-refractivity contribution in [2.24, 2.45) is 0 Å². The fourth-order valence-corrected chi connectivity index (χ4v) is 2.30. The van der Waals surface area contributed by atoms with Crippen LogP contribution in [0, 0.1) is 13.8 Å². The lowest BCUT2D eigenvalue weighted by molar-refractivity contribution is 0.102. The number of nitrogens with zero attached hydrogens (tertiary/aromatic N) is 2. The van der Waals surface area contributed by atoms with Gasteiger partial charge in [-0.3, -0.25) is 4.79 Å². The van der Waals surface area contributed by atoms with Crippen molar-refractivity contribution in [2.45, 2.75) is 13.8 Å². The van der Waals surface area contributed by atoms with Gasteiger partial charge in [-0.2, -0.15) is 0 Å². The van der Waals surface area contributed by atoms with Gasteiger partial charge in [0, 0.05) is 25.3 Å². The van der Waals surface area contributed by atoms with Crippen LogP contribution in [0.1, 0.15) is 21.5 Å². The Balaban J connectivity index is 2.28. The molecule has 0 saturated carbocycles. The molecule has 2 aromatic rings. The maximum Gasteiger partial charge on any atom is 0.255 e. The quantitative estimate of drug-likeness (QED) is 0.880. The third-order valence-electron chi connectivity index (χ3n) is 2.98. The molecule has 1 heterocycles. The second-order valence-electron chi connectivity index (χ2n) is 5.26. The van der Waals surface area contributed by atoms with Gasteiger partial charge in [0.15, 0.2) is 0 Å². The normalized spacial score (nSPS) is 10.3. The van der Waals surface area contributed by atoms with Crippen LogP contribution in [0.15, 0.2) is 30.3 Å². The van der Waals surface area contributed by atoms with Gasteiger partial charge in [0.05, 0.1) is 0 Å². The van der Waals surface area contributed by atoms with Crippen LogP contribution in [-0.2, 0) is 0 Å². The van der Waals surface area contributed by atoms with E-state index in [4.69, 9.17) is 11.6 Å². The summed E-state index contributed by atoms with van der Waals surface area (Å²) in [4.78, 5) is 18.3. The lowest BCUT2D eigenvalue weighted by Gasteiger charge is -2.13. The Bertz CT molecular complexity index is 663. The first kappa shape index (κ1) is 15.3. The first-order valence-corrected chi connectivity index (χ1v) is 6.97. The summed E-state index contributed by atoms with van der Waals surface area (Å²) >= 11 is 5.97. The minimum absolute atomic E-state index is 0.201. The predicted molar refractivity (Wildman–Crippen MR) is 87.4 cm³/mol. The van der Waals surface area contributed by atoms with Crippen LogP contribution in [0.5, 0.6) is 0 Å². The summed E-state index contributed by atoms with van der Waals surface area (Å²) < 4.78 is 0. The van der Waals surface area contributed by atoms with Crippen molar-refractivity contribution in [3.63, 3.8) is 0 Å². The summed E-state index contributed by atoms with van der Waals surface area (Å²) in [5.41, 5.74) is 3.47. The Kier molecular flexibility index (Phi) is 4.48. The molecule has 5 heteroatoms. The van der Waals surface area contributed by atoms with E-state index in [-0.39, 0.29) is 5.91 Å². The first-order chi connectivity index (χ1) is 9.85. The molecular weight excluding hydrogens is 286 g/mol. The largest absolute Gasteiger partial charge is 0.363 e. The molecule has 1 aromatic heterocycles. The Morgan fingerprint density at radius 3 is 2.29 bits per heavy atom. The van der Waals surface area contributed by atoms with Gasteiger partial charge in [0.2, 0.25) is 0 Å². The van der Waals surface area contributed by atoms with Crippen molar-refractivity contribution in [3.8, 4) is 0 Å². The second kappa shape index (κ2) is 6.14. The van der Waals surface area contributed by atoms with Crippen LogP contribution in [0.2, 0.25) is 5.15 Å². The number of rotatable bonds is 3. The van der Waals surface area contributed by atoms with Gasteiger partial charge < -0.3 is 10.2 Å². The van der Waals surface area contributed by atoms with E-state index in [1.165, 1.54) is 0 Å². The lowest BCUT2D eigenvalue weighted by atomic mass is 10.1. The third kappa shape index (κ3) is 3.95. The van der Waals surface area contributed by atoms with Gasteiger partial charge in [-0.25, -0.2) is 4.98 Å². The number of aryl methyl sites for hydroxylation is 2. The van der Waals surface area contributed by atoms with Crippen molar-refractivity contribution in [3.05, 3.63) is 52.2 Å². The minimum Gasteiger partial charge on any atom is -0.363 e. The number of benzene rings is 1. The Morgan fingerprint density at radius 2 is 1.71 bits per heavy atom. The van der Waals surface area contributed by atoms with Crippen LogP contribution in [0.3, 0.4) is 0 Å². The van der Waals surface area contributed by atoms with E-state index in [0.717, 1.165) is 16.8 Å². The molecule has 2 rings (SSSR count). The van der Waals surface area contributed by atoms with Crippen molar-refractivity contribution < 1.29 is 4.79 Å². The average Bonchev–Trinajstić information content (AvgIpc) is 2.36. The fourth-order valence-electron chi connectivity index (χ4n) is 2.09. The molecule has 0 atom stereocenters.